The van der Waals surface area contributed by atoms with Gasteiger partial charge < -0.3 is 19.1 Å². The van der Waals surface area contributed by atoms with Crippen molar-refractivity contribution in [1.82, 2.24) is 9.55 Å². The summed E-state index contributed by atoms with van der Waals surface area (Å²) in [5.74, 6) is 2.14. The summed E-state index contributed by atoms with van der Waals surface area (Å²) in [6.45, 7) is 2.21. The van der Waals surface area contributed by atoms with Gasteiger partial charge in [-0.25, -0.2) is 4.98 Å². The largest absolute Gasteiger partial charge is 0.490 e. The van der Waals surface area contributed by atoms with Crippen LogP contribution < -0.4 is 4.74 Å². The van der Waals surface area contributed by atoms with Crippen molar-refractivity contribution >= 4 is 39.4 Å². The third-order valence-corrected chi connectivity index (χ3v) is 5.59. The summed E-state index contributed by atoms with van der Waals surface area (Å²) in [6.07, 6.45) is 1.30. The molecule has 1 aliphatic heterocycles. The van der Waals surface area contributed by atoms with Gasteiger partial charge in [-0.1, -0.05) is 24.3 Å². The minimum Gasteiger partial charge on any atom is -0.490 e. The Hall–Kier alpha value is -1.60. The molecule has 0 bridgehead atoms. The Morgan fingerprint density at radius 2 is 1.86 bits per heavy atom. The van der Waals surface area contributed by atoms with Crippen molar-refractivity contribution in [2.45, 2.75) is 31.4 Å². The highest BCUT2D eigenvalue weighted by Gasteiger charge is 2.24. The third-order valence-electron chi connectivity index (χ3n) is 4.93. The van der Waals surface area contributed by atoms with E-state index >= 15 is 0 Å². The number of aliphatic hydroxyl groups excluding tert-OH is 1. The van der Waals surface area contributed by atoms with Crippen LogP contribution in [-0.4, -0.2) is 40.6 Å². The first-order valence-corrected chi connectivity index (χ1v) is 10.1. The van der Waals surface area contributed by atoms with Crippen molar-refractivity contribution in [3.05, 3.63) is 58.8 Å². The van der Waals surface area contributed by atoms with E-state index in [0.29, 0.717) is 12.5 Å². The Bertz CT molecular complexity index is 912. The molecule has 4 rings (SSSR count). The molecule has 0 amide bonds. The molecule has 7 heteroatoms. The Labute approximate surface area is 179 Å². The second kappa shape index (κ2) is 9.74. The maximum absolute atomic E-state index is 10.6. The van der Waals surface area contributed by atoms with Crippen LogP contribution in [0.1, 0.15) is 24.6 Å². The Balaban J connectivity index is 0.00000225. The lowest BCUT2D eigenvalue weighted by atomic mass is 9.99. The molecule has 1 fully saturated rings. The monoisotopic (exact) mass is 466 g/mol. The van der Waals surface area contributed by atoms with Crippen molar-refractivity contribution in [2.24, 2.45) is 0 Å². The van der Waals surface area contributed by atoms with Gasteiger partial charge in [-0.3, -0.25) is 0 Å². The van der Waals surface area contributed by atoms with Crippen LogP contribution in [0.25, 0.3) is 11.0 Å². The minimum atomic E-state index is -0.631. The highest BCUT2D eigenvalue weighted by molar-refractivity contribution is 9.10. The molecule has 1 unspecified atom stereocenters. The molecule has 0 aliphatic carbocycles. The lowest BCUT2D eigenvalue weighted by molar-refractivity contribution is 0.0779. The van der Waals surface area contributed by atoms with Crippen LogP contribution in [0.3, 0.4) is 0 Å². The topological polar surface area (TPSA) is 56.5 Å². The van der Waals surface area contributed by atoms with Crippen LogP contribution >= 0.6 is 28.3 Å². The van der Waals surface area contributed by atoms with Gasteiger partial charge in [0.1, 0.15) is 24.3 Å². The number of para-hydroxylation sites is 3. The zero-order chi connectivity index (χ0) is 18.6. The van der Waals surface area contributed by atoms with E-state index in [1.807, 2.05) is 42.5 Å². The highest BCUT2D eigenvalue weighted by atomic mass is 79.9. The van der Waals surface area contributed by atoms with Crippen LogP contribution in [0, 0.1) is 0 Å². The molecule has 0 spiro atoms. The Morgan fingerprint density at radius 3 is 2.64 bits per heavy atom. The van der Waals surface area contributed by atoms with Gasteiger partial charge in [0.2, 0.25) is 0 Å². The van der Waals surface area contributed by atoms with E-state index in [-0.39, 0.29) is 19.0 Å². The lowest BCUT2D eigenvalue weighted by Gasteiger charge is -2.23. The number of imidazole rings is 1. The summed E-state index contributed by atoms with van der Waals surface area (Å²) >= 11 is 3.47. The fourth-order valence-electron chi connectivity index (χ4n) is 3.56. The van der Waals surface area contributed by atoms with E-state index in [1.165, 1.54) is 0 Å². The second-order valence-corrected chi connectivity index (χ2v) is 7.71. The van der Waals surface area contributed by atoms with E-state index in [2.05, 4.69) is 26.6 Å². The van der Waals surface area contributed by atoms with Gasteiger partial charge in [0, 0.05) is 19.1 Å². The number of aromatic nitrogens is 2. The van der Waals surface area contributed by atoms with Crippen molar-refractivity contribution < 1.29 is 14.6 Å². The SMILES string of the molecule is Cl.OC(COc1ccccc1Br)Cn1c(C2CCOCC2)nc2ccccc21. The first-order valence-electron chi connectivity index (χ1n) is 9.30. The molecule has 1 saturated heterocycles. The number of hydrogen-bond acceptors (Lipinski definition) is 4. The van der Waals surface area contributed by atoms with Gasteiger partial charge in [0.25, 0.3) is 0 Å². The van der Waals surface area contributed by atoms with Gasteiger partial charge >= 0.3 is 0 Å². The number of aliphatic hydroxyl groups is 1. The Morgan fingerprint density at radius 1 is 1.14 bits per heavy atom. The second-order valence-electron chi connectivity index (χ2n) is 6.85. The quantitative estimate of drug-likeness (QED) is 0.578. The van der Waals surface area contributed by atoms with Crippen LogP contribution in [0.15, 0.2) is 53.0 Å². The molecule has 5 nitrogen and oxygen atoms in total. The molecule has 0 saturated carbocycles. The normalized spacial score (nSPS) is 15.9. The summed E-state index contributed by atoms with van der Waals surface area (Å²) in [5.41, 5.74) is 2.02. The van der Waals surface area contributed by atoms with E-state index in [0.717, 1.165) is 53.1 Å². The van der Waals surface area contributed by atoms with Gasteiger partial charge in [-0.15, -0.1) is 12.4 Å². The van der Waals surface area contributed by atoms with Crippen LogP contribution in [-0.2, 0) is 11.3 Å². The van der Waals surface area contributed by atoms with Crippen molar-refractivity contribution in [2.75, 3.05) is 19.8 Å². The summed E-state index contributed by atoms with van der Waals surface area (Å²) < 4.78 is 14.3. The van der Waals surface area contributed by atoms with Crippen molar-refractivity contribution in [1.29, 1.82) is 0 Å². The van der Waals surface area contributed by atoms with E-state index in [4.69, 9.17) is 14.5 Å². The number of rotatable bonds is 6. The summed E-state index contributed by atoms with van der Waals surface area (Å²) in [4.78, 5) is 4.87. The average molecular weight is 468 g/mol. The first kappa shape index (κ1) is 21.1. The molecular weight excluding hydrogens is 444 g/mol. The molecule has 150 valence electrons. The van der Waals surface area contributed by atoms with Gasteiger partial charge in [-0.2, -0.15) is 0 Å². The fourth-order valence-corrected chi connectivity index (χ4v) is 3.96. The lowest BCUT2D eigenvalue weighted by Crippen LogP contribution is -2.26. The predicted octanol–water partition coefficient (Wildman–Crippen LogP) is 4.55. The minimum absolute atomic E-state index is 0. The molecule has 1 aliphatic rings. The third kappa shape index (κ3) is 4.69. The molecule has 1 N–H and O–H groups in total. The molecule has 3 aromatic rings. The molecule has 2 heterocycles. The first-order chi connectivity index (χ1) is 13.2. The van der Waals surface area contributed by atoms with Crippen molar-refractivity contribution in [3.63, 3.8) is 0 Å². The maximum atomic E-state index is 10.6. The molecule has 1 aromatic heterocycles. The molecule has 28 heavy (non-hydrogen) atoms. The number of fused-ring (bicyclic) bond motifs is 1. The fraction of sp³-hybridized carbons (Fsp3) is 0.381. The Kier molecular flexibility index (Phi) is 7.35. The number of hydrogen-bond donors (Lipinski definition) is 1. The number of nitrogens with zero attached hydrogens (tertiary/aromatic N) is 2. The summed E-state index contributed by atoms with van der Waals surface area (Å²) in [6, 6.07) is 15.8. The highest BCUT2D eigenvalue weighted by Crippen LogP contribution is 2.30. The zero-order valence-corrected chi connectivity index (χ0v) is 17.9. The molecule has 0 radical (unpaired) electrons. The molecule has 2 aromatic carbocycles. The maximum Gasteiger partial charge on any atom is 0.133 e. The average Bonchev–Trinajstić information content (AvgIpc) is 3.06. The van der Waals surface area contributed by atoms with E-state index < -0.39 is 6.10 Å². The van der Waals surface area contributed by atoms with Gasteiger partial charge in [-0.05, 0) is 53.0 Å². The van der Waals surface area contributed by atoms with E-state index in [9.17, 15) is 5.11 Å². The number of benzene rings is 2. The summed E-state index contributed by atoms with van der Waals surface area (Å²) in [5, 5.41) is 10.6. The van der Waals surface area contributed by atoms with Gasteiger partial charge in [0.15, 0.2) is 0 Å². The summed E-state index contributed by atoms with van der Waals surface area (Å²) in [7, 11) is 0. The van der Waals surface area contributed by atoms with Gasteiger partial charge in [0.05, 0.1) is 22.1 Å². The predicted molar refractivity (Wildman–Crippen MR) is 115 cm³/mol. The van der Waals surface area contributed by atoms with Crippen LogP contribution in [0.2, 0.25) is 0 Å². The van der Waals surface area contributed by atoms with Crippen LogP contribution in [0.4, 0.5) is 0 Å². The zero-order valence-electron chi connectivity index (χ0n) is 15.5. The van der Waals surface area contributed by atoms with E-state index in [1.54, 1.807) is 0 Å². The standard InChI is InChI=1S/C21H23BrN2O3.ClH/c22-17-5-1-4-8-20(17)27-14-16(25)13-24-19-7-3-2-6-18(19)23-21(24)15-9-11-26-12-10-15;/h1-8,15-16,25H,9-14H2;1H. The number of halogens is 2. The molecule has 1 atom stereocenters. The molecular formula is C21H24BrClN2O3. The van der Waals surface area contributed by atoms with Crippen LogP contribution in [0.5, 0.6) is 5.75 Å². The number of ether oxygens (including phenoxy) is 2. The van der Waals surface area contributed by atoms with Crippen molar-refractivity contribution in [3.8, 4) is 5.75 Å². The smallest absolute Gasteiger partial charge is 0.133 e.